The second kappa shape index (κ2) is 4.31. The topological polar surface area (TPSA) is 26.0 Å². The molecule has 0 saturated heterocycles. The number of hydrogen-bond acceptors (Lipinski definition) is 2. The molecule has 0 amide bonds. The third-order valence-electron chi connectivity index (χ3n) is 2.13. The van der Waals surface area contributed by atoms with Crippen LogP contribution in [0.1, 0.15) is 16.5 Å². The lowest BCUT2D eigenvalue weighted by Gasteiger charge is -2.09. The van der Waals surface area contributed by atoms with Crippen LogP contribution in [0.5, 0.6) is 0 Å². The van der Waals surface area contributed by atoms with Crippen molar-refractivity contribution in [3.63, 3.8) is 0 Å². The summed E-state index contributed by atoms with van der Waals surface area (Å²) in [6.45, 7) is 0. The number of thiophene rings is 1. The largest absolute Gasteiger partial charge is 0.320 e. The highest BCUT2D eigenvalue weighted by molar-refractivity contribution is 7.16. The predicted molar refractivity (Wildman–Crippen MR) is 61.8 cm³/mol. The summed E-state index contributed by atoms with van der Waals surface area (Å²) in [6, 6.07) is 9.66. The Hall–Kier alpha value is -0.900. The fourth-order valence-electron chi connectivity index (χ4n) is 1.33. The molecular weight excluding hydrogens is 233 g/mol. The molecule has 0 fully saturated rings. The molecule has 0 radical (unpaired) electrons. The first-order valence-electron chi connectivity index (χ1n) is 4.43. The van der Waals surface area contributed by atoms with Gasteiger partial charge in [-0.1, -0.05) is 23.7 Å². The Morgan fingerprint density at radius 3 is 2.33 bits per heavy atom. The van der Waals surface area contributed by atoms with E-state index < -0.39 is 0 Å². The molecule has 0 spiro atoms. The zero-order valence-electron chi connectivity index (χ0n) is 7.78. The summed E-state index contributed by atoms with van der Waals surface area (Å²) in [7, 11) is 0. The summed E-state index contributed by atoms with van der Waals surface area (Å²) >= 11 is 7.26. The molecule has 1 heterocycles. The quantitative estimate of drug-likeness (QED) is 0.855. The molecule has 1 aromatic heterocycles. The minimum absolute atomic E-state index is 0.233. The number of rotatable bonds is 2. The zero-order valence-corrected chi connectivity index (χ0v) is 9.36. The first-order valence-corrected chi connectivity index (χ1v) is 5.62. The maximum Gasteiger partial charge on any atom is 0.123 e. The van der Waals surface area contributed by atoms with Crippen molar-refractivity contribution in [2.24, 2.45) is 5.73 Å². The third kappa shape index (κ3) is 2.37. The van der Waals surface area contributed by atoms with Gasteiger partial charge in [0.1, 0.15) is 5.82 Å². The van der Waals surface area contributed by atoms with Crippen molar-refractivity contribution in [2.75, 3.05) is 0 Å². The van der Waals surface area contributed by atoms with Gasteiger partial charge < -0.3 is 5.73 Å². The minimum Gasteiger partial charge on any atom is -0.320 e. The molecule has 0 aliphatic heterocycles. The third-order valence-corrected chi connectivity index (χ3v) is 3.44. The Balaban J connectivity index is 2.28. The highest BCUT2D eigenvalue weighted by atomic mass is 35.5. The Labute approximate surface area is 96.3 Å². The van der Waals surface area contributed by atoms with E-state index in [4.69, 9.17) is 17.3 Å². The van der Waals surface area contributed by atoms with Gasteiger partial charge in [0.15, 0.2) is 0 Å². The molecule has 4 heteroatoms. The van der Waals surface area contributed by atoms with Crippen LogP contribution in [0.2, 0.25) is 4.34 Å². The number of nitrogens with two attached hydrogens (primary N) is 1. The van der Waals surface area contributed by atoms with Gasteiger partial charge in [0, 0.05) is 4.88 Å². The van der Waals surface area contributed by atoms with Crippen LogP contribution in [0, 0.1) is 5.82 Å². The smallest absolute Gasteiger partial charge is 0.123 e. The van der Waals surface area contributed by atoms with Crippen LogP contribution in [-0.4, -0.2) is 0 Å². The second-order valence-corrected chi connectivity index (χ2v) is 4.92. The minimum atomic E-state index is -0.254. The lowest BCUT2D eigenvalue weighted by Crippen LogP contribution is -2.09. The fourth-order valence-corrected chi connectivity index (χ4v) is 2.42. The molecule has 1 unspecified atom stereocenters. The van der Waals surface area contributed by atoms with Crippen molar-refractivity contribution in [3.05, 3.63) is 57.0 Å². The van der Waals surface area contributed by atoms with Gasteiger partial charge in [-0.05, 0) is 29.8 Å². The van der Waals surface area contributed by atoms with Crippen molar-refractivity contribution < 1.29 is 4.39 Å². The average Bonchev–Trinajstić information content (AvgIpc) is 2.65. The van der Waals surface area contributed by atoms with Gasteiger partial charge in [-0.3, -0.25) is 0 Å². The van der Waals surface area contributed by atoms with Gasteiger partial charge >= 0.3 is 0 Å². The SMILES string of the molecule is NC(c1ccc(F)cc1)c1ccc(Cl)s1. The van der Waals surface area contributed by atoms with Crippen molar-refractivity contribution in [2.45, 2.75) is 6.04 Å². The molecule has 78 valence electrons. The van der Waals surface area contributed by atoms with E-state index in [1.54, 1.807) is 12.1 Å². The summed E-state index contributed by atoms with van der Waals surface area (Å²) in [5.41, 5.74) is 6.89. The molecule has 0 aliphatic rings. The maximum atomic E-state index is 12.7. The van der Waals surface area contributed by atoms with Crippen LogP contribution in [0.25, 0.3) is 0 Å². The molecule has 1 aromatic carbocycles. The molecular formula is C11H9ClFNS. The van der Waals surface area contributed by atoms with Gasteiger partial charge in [0.05, 0.1) is 10.4 Å². The molecule has 2 N–H and O–H groups in total. The maximum absolute atomic E-state index is 12.7. The Bertz CT molecular complexity index is 452. The van der Waals surface area contributed by atoms with E-state index in [1.165, 1.54) is 23.5 Å². The van der Waals surface area contributed by atoms with Crippen LogP contribution in [0.3, 0.4) is 0 Å². The van der Waals surface area contributed by atoms with E-state index in [0.29, 0.717) is 4.34 Å². The van der Waals surface area contributed by atoms with Crippen molar-refractivity contribution in [1.29, 1.82) is 0 Å². The normalized spacial score (nSPS) is 12.7. The zero-order chi connectivity index (χ0) is 10.8. The molecule has 0 bridgehead atoms. The Morgan fingerprint density at radius 1 is 1.13 bits per heavy atom. The second-order valence-electron chi connectivity index (χ2n) is 3.17. The van der Waals surface area contributed by atoms with Gasteiger partial charge in [0.2, 0.25) is 0 Å². The monoisotopic (exact) mass is 241 g/mol. The molecule has 1 atom stereocenters. The highest BCUT2D eigenvalue weighted by Crippen LogP contribution is 2.29. The van der Waals surface area contributed by atoms with E-state index in [2.05, 4.69) is 0 Å². The molecule has 15 heavy (non-hydrogen) atoms. The summed E-state index contributed by atoms with van der Waals surface area (Å²) in [6.07, 6.45) is 0. The first-order chi connectivity index (χ1) is 7.16. The van der Waals surface area contributed by atoms with Crippen molar-refractivity contribution in [1.82, 2.24) is 0 Å². The number of benzene rings is 1. The van der Waals surface area contributed by atoms with E-state index in [0.717, 1.165) is 10.4 Å². The predicted octanol–water partition coefficient (Wildman–Crippen LogP) is 3.59. The summed E-state index contributed by atoms with van der Waals surface area (Å²) in [5.74, 6) is -0.254. The van der Waals surface area contributed by atoms with E-state index >= 15 is 0 Å². The van der Waals surface area contributed by atoms with Gasteiger partial charge in [-0.2, -0.15) is 0 Å². The summed E-state index contributed by atoms with van der Waals surface area (Å²) in [4.78, 5) is 0.978. The van der Waals surface area contributed by atoms with E-state index in [-0.39, 0.29) is 11.9 Å². The average molecular weight is 242 g/mol. The lowest BCUT2D eigenvalue weighted by atomic mass is 10.1. The fraction of sp³-hybridized carbons (Fsp3) is 0.0909. The van der Waals surface area contributed by atoms with Crippen molar-refractivity contribution >= 4 is 22.9 Å². The Morgan fingerprint density at radius 2 is 1.80 bits per heavy atom. The summed E-state index contributed by atoms with van der Waals surface area (Å²) in [5, 5.41) is 0. The number of hydrogen-bond donors (Lipinski definition) is 1. The molecule has 0 saturated carbocycles. The Kier molecular flexibility index (Phi) is 3.05. The molecule has 2 rings (SSSR count). The highest BCUT2D eigenvalue weighted by Gasteiger charge is 2.10. The van der Waals surface area contributed by atoms with Gasteiger partial charge in [-0.15, -0.1) is 11.3 Å². The molecule has 2 aromatic rings. The van der Waals surface area contributed by atoms with Crippen molar-refractivity contribution in [3.8, 4) is 0 Å². The van der Waals surface area contributed by atoms with Crippen LogP contribution < -0.4 is 5.73 Å². The van der Waals surface area contributed by atoms with E-state index in [1.807, 2.05) is 12.1 Å². The van der Waals surface area contributed by atoms with Crippen LogP contribution in [-0.2, 0) is 0 Å². The van der Waals surface area contributed by atoms with Gasteiger partial charge in [-0.25, -0.2) is 4.39 Å². The lowest BCUT2D eigenvalue weighted by molar-refractivity contribution is 0.626. The van der Waals surface area contributed by atoms with E-state index in [9.17, 15) is 4.39 Å². The van der Waals surface area contributed by atoms with Crippen LogP contribution >= 0.6 is 22.9 Å². The van der Waals surface area contributed by atoms with Crippen LogP contribution in [0.4, 0.5) is 4.39 Å². The molecule has 0 aliphatic carbocycles. The standard InChI is InChI=1S/C11H9ClFNS/c12-10-6-5-9(15-10)11(14)7-1-3-8(13)4-2-7/h1-6,11H,14H2. The van der Waals surface area contributed by atoms with Gasteiger partial charge in [0.25, 0.3) is 0 Å². The first kappa shape index (κ1) is 10.6. The number of halogens is 2. The summed E-state index contributed by atoms with van der Waals surface area (Å²) < 4.78 is 13.4. The van der Waals surface area contributed by atoms with Crippen LogP contribution in [0.15, 0.2) is 36.4 Å². The molecule has 1 nitrogen and oxygen atoms in total.